The molecule has 2 saturated heterocycles. The van der Waals surface area contributed by atoms with Gasteiger partial charge in [0.15, 0.2) is 0 Å². The lowest BCUT2D eigenvalue weighted by Gasteiger charge is -2.40. The minimum atomic E-state index is -0.570. The molecular formula is C14H25N3O4. The third-order valence-electron chi connectivity index (χ3n) is 4.23. The summed E-state index contributed by atoms with van der Waals surface area (Å²) in [7, 11) is 1.29. The van der Waals surface area contributed by atoms with Gasteiger partial charge in [0.25, 0.3) is 0 Å². The lowest BCUT2D eigenvalue weighted by molar-refractivity contribution is -0.134. The minimum Gasteiger partial charge on any atom is -0.453 e. The molecule has 0 saturated carbocycles. The average molecular weight is 299 g/mol. The highest BCUT2D eigenvalue weighted by atomic mass is 16.5. The molecule has 1 N–H and O–H groups in total. The zero-order valence-corrected chi connectivity index (χ0v) is 12.8. The van der Waals surface area contributed by atoms with E-state index in [2.05, 4.69) is 15.0 Å². The van der Waals surface area contributed by atoms with E-state index in [1.54, 1.807) is 6.92 Å². The van der Waals surface area contributed by atoms with Gasteiger partial charge in [-0.25, -0.2) is 4.79 Å². The van der Waals surface area contributed by atoms with Crippen LogP contribution in [-0.4, -0.2) is 80.4 Å². The molecule has 0 spiro atoms. The summed E-state index contributed by atoms with van der Waals surface area (Å²) in [5.74, 6) is -0.0409. The van der Waals surface area contributed by atoms with Gasteiger partial charge in [0, 0.05) is 32.2 Å². The SMILES string of the molecule is COC(=O)N[C@@H](C)C(=O)N1CCC(N2CCOCC2)CC1. The van der Waals surface area contributed by atoms with Crippen molar-refractivity contribution in [2.75, 3.05) is 46.5 Å². The molecule has 7 nitrogen and oxygen atoms in total. The van der Waals surface area contributed by atoms with Crippen molar-refractivity contribution in [2.24, 2.45) is 0 Å². The summed E-state index contributed by atoms with van der Waals surface area (Å²) < 4.78 is 9.89. The molecule has 21 heavy (non-hydrogen) atoms. The van der Waals surface area contributed by atoms with E-state index in [4.69, 9.17) is 4.74 Å². The normalized spacial score (nSPS) is 22.7. The molecule has 0 unspecified atom stereocenters. The monoisotopic (exact) mass is 299 g/mol. The van der Waals surface area contributed by atoms with Gasteiger partial charge in [-0.1, -0.05) is 0 Å². The van der Waals surface area contributed by atoms with Crippen LogP contribution in [0.25, 0.3) is 0 Å². The number of carbonyl (C=O) groups is 2. The maximum atomic E-state index is 12.3. The minimum absolute atomic E-state index is 0.0409. The predicted octanol–water partition coefficient (Wildman–Crippen LogP) is 0.0541. The molecule has 0 aromatic carbocycles. The molecule has 2 aliphatic heterocycles. The highest BCUT2D eigenvalue weighted by molar-refractivity contribution is 5.85. The van der Waals surface area contributed by atoms with Crippen LogP contribution in [0.3, 0.4) is 0 Å². The highest BCUT2D eigenvalue weighted by Crippen LogP contribution is 2.18. The second kappa shape index (κ2) is 7.61. The molecule has 0 aromatic heterocycles. The number of ether oxygens (including phenoxy) is 2. The van der Waals surface area contributed by atoms with Crippen LogP contribution >= 0.6 is 0 Å². The second-order valence-corrected chi connectivity index (χ2v) is 5.56. The van der Waals surface area contributed by atoms with Gasteiger partial charge >= 0.3 is 6.09 Å². The Balaban J connectivity index is 1.77. The number of rotatable bonds is 3. The van der Waals surface area contributed by atoms with E-state index < -0.39 is 12.1 Å². The van der Waals surface area contributed by atoms with Crippen molar-refractivity contribution in [2.45, 2.75) is 31.8 Å². The summed E-state index contributed by atoms with van der Waals surface area (Å²) >= 11 is 0. The Kier molecular flexibility index (Phi) is 5.81. The molecule has 2 rings (SSSR count). The Morgan fingerprint density at radius 2 is 1.81 bits per heavy atom. The maximum absolute atomic E-state index is 12.3. The summed E-state index contributed by atoms with van der Waals surface area (Å²) in [6, 6.07) is -0.000732. The maximum Gasteiger partial charge on any atom is 0.407 e. The molecule has 0 aromatic rings. The van der Waals surface area contributed by atoms with Gasteiger partial charge in [-0.05, 0) is 19.8 Å². The summed E-state index contributed by atoms with van der Waals surface area (Å²) in [4.78, 5) is 27.7. The number of nitrogens with one attached hydrogen (secondary N) is 1. The standard InChI is InChI=1S/C14H25N3O4/c1-11(15-14(19)20-2)13(18)17-5-3-12(4-6-17)16-7-9-21-10-8-16/h11-12H,3-10H2,1-2H3,(H,15,19)/t11-/m0/s1. The third-order valence-corrected chi connectivity index (χ3v) is 4.23. The van der Waals surface area contributed by atoms with E-state index in [1.807, 2.05) is 4.90 Å². The molecule has 120 valence electrons. The van der Waals surface area contributed by atoms with Crippen molar-refractivity contribution in [3.63, 3.8) is 0 Å². The largest absolute Gasteiger partial charge is 0.453 e. The lowest BCUT2D eigenvalue weighted by Crippen LogP contribution is -2.53. The van der Waals surface area contributed by atoms with E-state index in [0.29, 0.717) is 6.04 Å². The van der Waals surface area contributed by atoms with Gasteiger partial charge in [0.2, 0.25) is 5.91 Å². The first-order valence-corrected chi connectivity index (χ1v) is 7.57. The summed E-state index contributed by atoms with van der Waals surface area (Å²) in [6.45, 7) is 6.76. The van der Waals surface area contributed by atoms with Crippen LogP contribution in [0.15, 0.2) is 0 Å². The van der Waals surface area contributed by atoms with Gasteiger partial charge < -0.3 is 19.7 Å². The first-order valence-electron chi connectivity index (χ1n) is 7.57. The number of piperidine rings is 1. The highest BCUT2D eigenvalue weighted by Gasteiger charge is 2.30. The summed E-state index contributed by atoms with van der Waals surface area (Å²) in [5.41, 5.74) is 0. The van der Waals surface area contributed by atoms with Gasteiger partial charge in [-0.15, -0.1) is 0 Å². The zero-order chi connectivity index (χ0) is 15.2. The van der Waals surface area contributed by atoms with Crippen molar-refractivity contribution >= 4 is 12.0 Å². The Hall–Kier alpha value is -1.34. The molecule has 0 bridgehead atoms. The number of likely N-dealkylation sites (tertiary alicyclic amines) is 1. The van der Waals surface area contributed by atoms with Crippen LogP contribution in [-0.2, 0) is 14.3 Å². The molecule has 7 heteroatoms. The van der Waals surface area contributed by atoms with E-state index >= 15 is 0 Å². The Bertz CT molecular complexity index is 363. The van der Waals surface area contributed by atoms with Crippen LogP contribution < -0.4 is 5.32 Å². The quantitative estimate of drug-likeness (QED) is 0.797. The summed E-state index contributed by atoms with van der Waals surface area (Å²) in [6.07, 6.45) is 1.40. The topological polar surface area (TPSA) is 71.1 Å². The van der Waals surface area contributed by atoms with E-state index in [0.717, 1.165) is 52.2 Å². The predicted molar refractivity (Wildman–Crippen MR) is 77.0 cm³/mol. The molecule has 0 aliphatic carbocycles. The number of hydrogen-bond donors (Lipinski definition) is 1. The Labute approximate surface area is 125 Å². The van der Waals surface area contributed by atoms with Gasteiger partial charge in [0.1, 0.15) is 6.04 Å². The van der Waals surface area contributed by atoms with Crippen molar-refractivity contribution in [3.8, 4) is 0 Å². The molecule has 2 heterocycles. The number of methoxy groups -OCH3 is 1. The van der Waals surface area contributed by atoms with Crippen LogP contribution in [0, 0.1) is 0 Å². The number of morpholine rings is 1. The first kappa shape index (κ1) is 16.0. The fraction of sp³-hybridized carbons (Fsp3) is 0.857. The molecular weight excluding hydrogens is 274 g/mol. The van der Waals surface area contributed by atoms with Crippen LogP contribution in [0.2, 0.25) is 0 Å². The molecule has 2 aliphatic rings. The molecule has 2 fully saturated rings. The summed E-state index contributed by atoms with van der Waals surface area (Å²) in [5, 5.41) is 2.52. The second-order valence-electron chi connectivity index (χ2n) is 5.56. The van der Waals surface area contributed by atoms with Crippen molar-refractivity contribution in [3.05, 3.63) is 0 Å². The molecule has 1 atom stereocenters. The lowest BCUT2D eigenvalue weighted by atomic mass is 10.0. The zero-order valence-electron chi connectivity index (χ0n) is 12.8. The number of amides is 2. The van der Waals surface area contributed by atoms with Crippen molar-refractivity contribution in [1.82, 2.24) is 15.1 Å². The van der Waals surface area contributed by atoms with Crippen molar-refractivity contribution in [1.29, 1.82) is 0 Å². The van der Waals surface area contributed by atoms with Gasteiger partial charge in [-0.3, -0.25) is 9.69 Å². The average Bonchev–Trinajstić information content (AvgIpc) is 2.55. The number of carbonyl (C=O) groups excluding carboxylic acids is 2. The van der Waals surface area contributed by atoms with Crippen LogP contribution in [0.4, 0.5) is 4.79 Å². The van der Waals surface area contributed by atoms with Gasteiger partial charge in [0.05, 0.1) is 20.3 Å². The Morgan fingerprint density at radius 3 is 2.38 bits per heavy atom. The van der Waals surface area contributed by atoms with E-state index in [1.165, 1.54) is 7.11 Å². The Morgan fingerprint density at radius 1 is 1.19 bits per heavy atom. The molecule has 2 amide bonds. The van der Waals surface area contributed by atoms with Gasteiger partial charge in [-0.2, -0.15) is 0 Å². The third kappa shape index (κ3) is 4.31. The first-order chi connectivity index (χ1) is 10.1. The van der Waals surface area contributed by atoms with E-state index in [9.17, 15) is 9.59 Å². The number of hydrogen-bond acceptors (Lipinski definition) is 5. The van der Waals surface area contributed by atoms with Crippen LogP contribution in [0.1, 0.15) is 19.8 Å². The van der Waals surface area contributed by atoms with Crippen molar-refractivity contribution < 1.29 is 19.1 Å². The molecule has 0 radical (unpaired) electrons. The fourth-order valence-corrected chi connectivity index (χ4v) is 2.97. The smallest absolute Gasteiger partial charge is 0.407 e. The van der Waals surface area contributed by atoms with Crippen LogP contribution in [0.5, 0.6) is 0 Å². The fourth-order valence-electron chi connectivity index (χ4n) is 2.97. The van der Waals surface area contributed by atoms with E-state index in [-0.39, 0.29) is 5.91 Å². The number of nitrogens with zero attached hydrogens (tertiary/aromatic N) is 2. The number of alkyl carbamates (subject to hydrolysis) is 1.